The van der Waals surface area contributed by atoms with Gasteiger partial charge in [-0.05, 0) is 18.2 Å². The van der Waals surface area contributed by atoms with E-state index in [2.05, 4.69) is 30.5 Å². The van der Waals surface area contributed by atoms with Gasteiger partial charge in [-0.1, -0.05) is 22.0 Å². The van der Waals surface area contributed by atoms with E-state index < -0.39 is 36.9 Å². The molecule has 11 nitrogen and oxygen atoms in total. The number of benzene rings is 1. The molecule has 0 bridgehead atoms. The Kier molecular flexibility index (Phi) is 7.87. The molecule has 1 aromatic carbocycles. The summed E-state index contributed by atoms with van der Waals surface area (Å²) in [4.78, 5) is 0. The van der Waals surface area contributed by atoms with Crippen molar-refractivity contribution in [3.8, 4) is 28.1 Å². The van der Waals surface area contributed by atoms with Crippen LogP contribution in [0.2, 0.25) is 5.02 Å². The highest BCUT2D eigenvalue weighted by molar-refractivity contribution is 6.31. The van der Waals surface area contributed by atoms with Gasteiger partial charge in [0.2, 0.25) is 5.69 Å². The van der Waals surface area contributed by atoms with Crippen molar-refractivity contribution in [2.75, 3.05) is 6.61 Å². The Balaban J connectivity index is 1.55. The highest BCUT2D eigenvalue weighted by atomic mass is 35.5. The molecule has 0 fully saturated rings. The standard InChI is InChI=1S/C24H18ClF6N9O2/c1-37-11-16(33-35-37)14-8-32-38(9-14)17(6-7-42-23(27)28)18-4-2-13(10-40(18)41)21-19(5-3-15(25)22(21)26)39-12-20(34-36-39)24(29,30)31/h2-5,8-12,17,23H,6-7H2,1H3/t17-/m0/s1. The van der Waals surface area contributed by atoms with Crippen molar-refractivity contribution in [3.05, 3.63) is 82.7 Å². The summed E-state index contributed by atoms with van der Waals surface area (Å²) in [5.41, 5.74) is -0.831. The summed E-state index contributed by atoms with van der Waals surface area (Å²) in [6.45, 7) is -3.48. The second-order valence-corrected chi connectivity index (χ2v) is 9.30. The lowest BCUT2D eigenvalue weighted by Crippen LogP contribution is -2.36. The Bertz CT molecular complexity index is 1720. The van der Waals surface area contributed by atoms with E-state index in [0.717, 1.165) is 12.3 Å². The number of halogens is 7. The summed E-state index contributed by atoms with van der Waals surface area (Å²) in [5, 5.41) is 31.6. The third-order valence-corrected chi connectivity index (χ3v) is 6.42. The zero-order valence-corrected chi connectivity index (χ0v) is 22.0. The summed E-state index contributed by atoms with van der Waals surface area (Å²) < 4.78 is 88.3. The highest BCUT2D eigenvalue weighted by Crippen LogP contribution is 2.35. The van der Waals surface area contributed by atoms with E-state index in [1.807, 2.05) is 0 Å². The number of ether oxygens (including phenoxy) is 1. The quantitative estimate of drug-likeness (QED) is 0.136. The van der Waals surface area contributed by atoms with Crippen molar-refractivity contribution in [1.29, 1.82) is 0 Å². The Labute approximate surface area is 237 Å². The van der Waals surface area contributed by atoms with Crippen molar-refractivity contribution < 1.29 is 35.8 Å². The molecule has 18 heteroatoms. The molecule has 42 heavy (non-hydrogen) atoms. The maximum atomic E-state index is 15.3. The van der Waals surface area contributed by atoms with Crippen LogP contribution >= 0.6 is 11.6 Å². The van der Waals surface area contributed by atoms with Gasteiger partial charge in [-0.25, -0.2) is 9.07 Å². The first kappa shape index (κ1) is 29.0. The van der Waals surface area contributed by atoms with Gasteiger partial charge in [-0.3, -0.25) is 9.36 Å². The lowest BCUT2D eigenvalue weighted by molar-refractivity contribution is -0.615. The first-order valence-corrected chi connectivity index (χ1v) is 12.3. The molecule has 0 aliphatic heterocycles. The third-order valence-electron chi connectivity index (χ3n) is 6.13. The maximum Gasteiger partial charge on any atom is 0.436 e. The highest BCUT2D eigenvalue weighted by Gasteiger charge is 2.35. The van der Waals surface area contributed by atoms with Gasteiger partial charge < -0.3 is 9.94 Å². The van der Waals surface area contributed by atoms with Crippen LogP contribution in [0.15, 0.2) is 55.2 Å². The van der Waals surface area contributed by atoms with Crippen LogP contribution in [0.3, 0.4) is 0 Å². The number of aromatic nitrogens is 9. The summed E-state index contributed by atoms with van der Waals surface area (Å²) in [7, 11) is 1.67. The van der Waals surface area contributed by atoms with Gasteiger partial charge in [0, 0.05) is 31.3 Å². The van der Waals surface area contributed by atoms with Gasteiger partial charge in [0.25, 0.3) is 0 Å². The monoisotopic (exact) mass is 613 g/mol. The molecule has 0 radical (unpaired) electrons. The second kappa shape index (κ2) is 11.4. The molecule has 0 spiro atoms. The normalized spacial score (nSPS) is 12.8. The molecule has 0 saturated heterocycles. The summed E-state index contributed by atoms with van der Waals surface area (Å²) >= 11 is 5.96. The van der Waals surface area contributed by atoms with Crippen LogP contribution in [0.25, 0.3) is 28.1 Å². The first-order valence-electron chi connectivity index (χ1n) is 11.9. The van der Waals surface area contributed by atoms with Crippen molar-refractivity contribution in [3.63, 3.8) is 0 Å². The molecule has 220 valence electrons. The summed E-state index contributed by atoms with van der Waals surface area (Å²) in [6.07, 6.45) is 1.26. The van der Waals surface area contributed by atoms with Crippen molar-refractivity contribution in [2.24, 2.45) is 7.05 Å². The zero-order chi connectivity index (χ0) is 30.2. The van der Waals surface area contributed by atoms with E-state index in [1.165, 1.54) is 33.8 Å². The van der Waals surface area contributed by atoms with Crippen LogP contribution in [-0.4, -0.2) is 53.0 Å². The Hall–Kier alpha value is -4.51. The van der Waals surface area contributed by atoms with Crippen molar-refractivity contribution in [2.45, 2.75) is 25.3 Å². The van der Waals surface area contributed by atoms with Gasteiger partial charge in [0.15, 0.2) is 17.7 Å². The summed E-state index contributed by atoms with van der Waals surface area (Å²) in [6, 6.07) is 4.06. The van der Waals surface area contributed by atoms with Gasteiger partial charge in [-0.2, -0.15) is 31.8 Å². The van der Waals surface area contributed by atoms with E-state index in [4.69, 9.17) is 11.6 Å². The number of hydrogen-bond acceptors (Lipinski definition) is 7. The second-order valence-electron chi connectivity index (χ2n) is 8.89. The molecule has 5 aromatic rings. The molecule has 0 unspecified atom stereocenters. The maximum absolute atomic E-state index is 15.3. The average Bonchev–Trinajstić information content (AvgIpc) is 3.69. The molecule has 4 aromatic heterocycles. The van der Waals surface area contributed by atoms with Gasteiger partial charge >= 0.3 is 12.8 Å². The molecule has 0 aliphatic carbocycles. The molecule has 0 aliphatic rings. The predicted molar refractivity (Wildman–Crippen MR) is 133 cm³/mol. The average molecular weight is 614 g/mol. The molecule has 4 heterocycles. The Morgan fingerprint density at radius 3 is 2.48 bits per heavy atom. The van der Waals surface area contributed by atoms with E-state index in [0.29, 0.717) is 26.9 Å². The zero-order valence-electron chi connectivity index (χ0n) is 21.3. The minimum absolute atomic E-state index is 0.0227. The molecule has 5 rings (SSSR count). The van der Waals surface area contributed by atoms with Crippen LogP contribution < -0.4 is 4.73 Å². The Morgan fingerprint density at radius 1 is 1.05 bits per heavy atom. The SMILES string of the molecule is Cn1cc(-c2cnn([C@@H](CCOC(F)F)c3ccc(-c4c(-n5cc(C(F)(F)F)nn5)ccc(Cl)c4F)c[n+]3[O-])c2)nn1. The van der Waals surface area contributed by atoms with Crippen molar-refractivity contribution in [1.82, 2.24) is 39.8 Å². The molecule has 0 saturated carbocycles. The fraction of sp³-hybridized carbons (Fsp3) is 0.250. The van der Waals surface area contributed by atoms with Crippen molar-refractivity contribution >= 4 is 11.6 Å². The van der Waals surface area contributed by atoms with Gasteiger partial charge in [-0.15, -0.1) is 10.2 Å². The number of alkyl halides is 5. The fourth-order valence-electron chi connectivity index (χ4n) is 4.22. The first-order chi connectivity index (χ1) is 19.9. The Morgan fingerprint density at radius 2 is 1.83 bits per heavy atom. The van der Waals surface area contributed by atoms with Crippen LogP contribution in [-0.2, 0) is 18.0 Å². The number of nitrogens with zero attached hydrogens (tertiary/aromatic N) is 9. The number of hydrogen-bond donors (Lipinski definition) is 0. The molecule has 1 atom stereocenters. The van der Waals surface area contributed by atoms with Crippen LogP contribution in [0.5, 0.6) is 0 Å². The molecular formula is C24H18ClF6N9O2. The molecular weight excluding hydrogens is 596 g/mol. The number of rotatable bonds is 9. The smallest absolute Gasteiger partial charge is 0.436 e. The fourth-order valence-corrected chi connectivity index (χ4v) is 4.38. The minimum Gasteiger partial charge on any atom is -0.618 e. The molecule has 0 N–H and O–H groups in total. The van der Waals surface area contributed by atoms with E-state index >= 15 is 4.39 Å². The third kappa shape index (κ3) is 5.91. The van der Waals surface area contributed by atoms with Crippen LogP contribution in [0.4, 0.5) is 26.3 Å². The van der Waals surface area contributed by atoms with Crippen LogP contribution in [0.1, 0.15) is 23.9 Å². The lowest BCUT2D eigenvalue weighted by atomic mass is 10.0. The largest absolute Gasteiger partial charge is 0.618 e. The summed E-state index contributed by atoms with van der Waals surface area (Å²) in [5.74, 6) is -1.02. The van der Waals surface area contributed by atoms with E-state index in [9.17, 15) is 27.2 Å². The van der Waals surface area contributed by atoms with Gasteiger partial charge in [0.1, 0.15) is 11.7 Å². The topological polar surface area (TPSA) is 115 Å². The minimum atomic E-state index is -4.80. The van der Waals surface area contributed by atoms with E-state index in [-0.39, 0.29) is 34.0 Å². The van der Waals surface area contributed by atoms with Gasteiger partial charge in [0.05, 0.1) is 47.0 Å². The van der Waals surface area contributed by atoms with Crippen LogP contribution in [0, 0.1) is 11.0 Å². The number of aryl methyl sites for hydroxylation is 1. The molecule has 0 amide bonds. The number of pyridine rings is 1. The van der Waals surface area contributed by atoms with E-state index in [1.54, 1.807) is 19.4 Å². The lowest BCUT2D eigenvalue weighted by Gasteiger charge is -2.18. The predicted octanol–water partition coefficient (Wildman–Crippen LogP) is 4.59.